The van der Waals surface area contributed by atoms with Crippen LogP contribution in [0.2, 0.25) is 0 Å². The van der Waals surface area contributed by atoms with E-state index in [-0.39, 0.29) is 12.5 Å². The van der Waals surface area contributed by atoms with Crippen LogP contribution in [0.3, 0.4) is 0 Å². The highest BCUT2D eigenvalue weighted by atomic mass is 16.3. The Morgan fingerprint density at radius 3 is 1.26 bits per heavy atom. The molecule has 0 aliphatic rings. The second kappa shape index (κ2) is 36.9. The highest BCUT2D eigenvalue weighted by molar-refractivity contribution is 5.76. The van der Waals surface area contributed by atoms with Gasteiger partial charge < -0.3 is 20.6 Å². The molecule has 46 heavy (non-hydrogen) atoms. The fraction of sp³-hybridized carbons (Fsp3) is 0.927. The van der Waals surface area contributed by atoms with Crippen molar-refractivity contribution in [1.82, 2.24) is 5.32 Å². The topological polar surface area (TPSA) is 89.8 Å². The minimum Gasteiger partial charge on any atom is -0.394 e. The molecule has 0 radical (unpaired) electrons. The number of carbonyl (C=O) groups is 1. The van der Waals surface area contributed by atoms with E-state index < -0.39 is 18.2 Å². The largest absolute Gasteiger partial charge is 0.394 e. The Bertz CT molecular complexity index is 640. The van der Waals surface area contributed by atoms with E-state index in [1.54, 1.807) is 0 Å². The summed E-state index contributed by atoms with van der Waals surface area (Å²) in [5.41, 5.74) is 0. The third-order valence-corrected chi connectivity index (χ3v) is 9.62. The summed E-state index contributed by atoms with van der Waals surface area (Å²) < 4.78 is 0. The van der Waals surface area contributed by atoms with Crippen molar-refractivity contribution in [1.29, 1.82) is 0 Å². The van der Waals surface area contributed by atoms with Crippen molar-refractivity contribution in [2.24, 2.45) is 0 Å². The number of unbranched alkanes of at least 4 members (excludes halogenated alkanes) is 27. The summed E-state index contributed by atoms with van der Waals surface area (Å²) in [6, 6.07) is -0.807. The highest BCUT2D eigenvalue weighted by Crippen LogP contribution is 2.16. The van der Waals surface area contributed by atoms with Gasteiger partial charge in [-0.1, -0.05) is 187 Å². The molecule has 3 unspecified atom stereocenters. The van der Waals surface area contributed by atoms with Crippen molar-refractivity contribution in [2.75, 3.05) is 6.61 Å². The monoisotopic (exact) mass is 652 g/mol. The number of nitrogens with one attached hydrogen (secondary N) is 1. The lowest BCUT2D eigenvalue weighted by Gasteiger charge is -2.26. The third-order valence-electron chi connectivity index (χ3n) is 9.62. The summed E-state index contributed by atoms with van der Waals surface area (Å²) in [5.74, 6) is -0.148. The van der Waals surface area contributed by atoms with Crippen LogP contribution in [0.4, 0.5) is 0 Å². The average Bonchev–Trinajstić information content (AvgIpc) is 3.06. The summed E-state index contributed by atoms with van der Waals surface area (Å²) in [6.45, 7) is 4.17. The van der Waals surface area contributed by atoms with Gasteiger partial charge in [0.15, 0.2) is 0 Å². The Labute approximate surface area is 287 Å². The van der Waals surface area contributed by atoms with Crippen LogP contribution in [0.1, 0.15) is 219 Å². The fourth-order valence-electron chi connectivity index (χ4n) is 6.39. The van der Waals surface area contributed by atoms with E-state index >= 15 is 0 Å². The van der Waals surface area contributed by atoms with Gasteiger partial charge in [-0.25, -0.2) is 0 Å². The van der Waals surface area contributed by atoms with Gasteiger partial charge in [-0.3, -0.25) is 4.79 Å². The number of aliphatic hydroxyl groups is 3. The molecule has 5 heteroatoms. The molecule has 0 aromatic rings. The number of amides is 1. The Balaban J connectivity index is 3.64. The van der Waals surface area contributed by atoms with Gasteiger partial charge in [0, 0.05) is 6.42 Å². The predicted octanol–water partition coefficient (Wildman–Crippen LogP) is 11.3. The molecule has 3 atom stereocenters. The Kier molecular flexibility index (Phi) is 36.2. The molecule has 4 N–H and O–H groups in total. The van der Waals surface area contributed by atoms with E-state index in [0.29, 0.717) is 12.8 Å². The summed E-state index contributed by atoms with van der Waals surface area (Å²) in [5, 5.41) is 33.4. The molecule has 0 aliphatic carbocycles. The number of allylic oxidation sites excluding steroid dienone is 2. The molecule has 5 nitrogen and oxygen atoms in total. The van der Waals surface area contributed by atoms with E-state index in [4.69, 9.17) is 0 Å². The lowest BCUT2D eigenvalue weighted by molar-refractivity contribution is -0.124. The second-order valence-electron chi connectivity index (χ2n) is 14.2. The first kappa shape index (κ1) is 45.1. The van der Waals surface area contributed by atoms with E-state index in [2.05, 4.69) is 31.3 Å². The van der Waals surface area contributed by atoms with Crippen molar-refractivity contribution in [2.45, 2.75) is 238 Å². The molecule has 0 saturated heterocycles. The maximum Gasteiger partial charge on any atom is 0.220 e. The number of hydrogen-bond donors (Lipinski definition) is 4. The molecule has 0 aliphatic heterocycles. The lowest BCUT2D eigenvalue weighted by atomic mass is 9.99. The van der Waals surface area contributed by atoms with Gasteiger partial charge in [0.2, 0.25) is 5.91 Å². The van der Waals surface area contributed by atoms with E-state index in [1.165, 1.54) is 154 Å². The van der Waals surface area contributed by atoms with E-state index in [0.717, 1.165) is 38.5 Å². The zero-order valence-electron chi connectivity index (χ0n) is 31.0. The van der Waals surface area contributed by atoms with Crippen LogP contribution in [-0.2, 0) is 4.79 Å². The van der Waals surface area contributed by atoms with Crippen LogP contribution in [0.5, 0.6) is 0 Å². The maximum atomic E-state index is 12.4. The summed E-state index contributed by atoms with van der Waals surface area (Å²) >= 11 is 0. The molecule has 1 amide bonds. The van der Waals surface area contributed by atoms with Crippen LogP contribution in [0, 0.1) is 0 Å². The normalized spacial score (nSPS) is 13.8. The van der Waals surface area contributed by atoms with Crippen molar-refractivity contribution in [3.8, 4) is 0 Å². The molecular formula is C41H81NO4. The Morgan fingerprint density at radius 1 is 0.522 bits per heavy atom. The molecular weight excluding hydrogens is 570 g/mol. The lowest BCUT2D eigenvalue weighted by Crippen LogP contribution is -2.50. The smallest absolute Gasteiger partial charge is 0.220 e. The standard InChI is InChI=1S/C41H81NO4/c1-3-5-7-9-11-13-15-17-18-19-20-21-22-24-26-28-30-32-34-36-40(45)42-38(37-43)41(46)39(44)35-33-31-29-27-25-23-16-14-12-10-8-6-4-2/h19-20,38-39,41,43-44,46H,3-18,21-37H2,1-2H3,(H,42,45)/b20-19-. The van der Waals surface area contributed by atoms with Gasteiger partial charge in [0.05, 0.1) is 18.8 Å². The van der Waals surface area contributed by atoms with Crippen LogP contribution in [0.25, 0.3) is 0 Å². The minimum atomic E-state index is -1.13. The minimum absolute atomic E-state index is 0.148. The zero-order chi connectivity index (χ0) is 33.8. The molecule has 0 aromatic heterocycles. The predicted molar refractivity (Wildman–Crippen MR) is 199 cm³/mol. The first-order valence-electron chi connectivity index (χ1n) is 20.5. The van der Waals surface area contributed by atoms with Gasteiger partial charge >= 0.3 is 0 Å². The first-order valence-corrected chi connectivity index (χ1v) is 20.5. The van der Waals surface area contributed by atoms with Gasteiger partial charge in [-0.05, 0) is 38.5 Å². The Morgan fingerprint density at radius 2 is 0.870 bits per heavy atom. The van der Waals surface area contributed by atoms with E-state index in [9.17, 15) is 20.1 Å². The Hall–Kier alpha value is -0.910. The zero-order valence-corrected chi connectivity index (χ0v) is 31.0. The molecule has 0 fully saturated rings. The maximum absolute atomic E-state index is 12.4. The van der Waals surface area contributed by atoms with Gasteiger partial charge in [0.1, 0.15) is 6.10 Å². The highest BCUT2D eigenvalue weighted by Gasteiger charge is 2.26. The molecule has 0 spiro atoms. The van der Waals surface area contributed by atoms with Crippen molar-refractivity contribution >= 4 is 5.91 Å². The second-order valence-corrected chi connectivity index (χ2v) is 14.2. The summed E-state index contributed by atoms with van der Waals surface area (Å²) in [6.07, 6.45) is 41.6. The number of rotatable bonds is 37. The van der Waals surface area contributed by atoms with Crippen molar-refractivity contribution in [3.05, 3.63) is 12.2 Å². The number of carbonyl (C=O) groups excluding carboxylic acids is 1. The van der Waals surface area contributed by atoms with Crippen LogP contribution in [-0.4, -0.2) is 46.1 Å². The average molecular weight is 652 g/mol. The fourth-order valence-corrected chi connectivity index (χ4v) is 6.39. The van der Waals surface area contributed by atoms with Crippen molar-refractivity contribution < 1.29 is 20.1 Å². The summed E-state index contributed by atoms with van der Waals surface area (Å²) in [7, 11) is 0. The summed E-state index contributed by atoms with van der Waals surface area (Å²) in [4.78, 5) is 12.4. The van der Waals surface area contributed by atoms with Crippen molar-refractivity contribution in [3.63, 3.8) is 0 Å². The quantitative estimate of drug-likeness (QED) is 0.0397. The first-order chi connectivity index (χ1) is 22.6. The molecule has 274 valence electrons. The molecule has 0 bridgehead atoms. The third kappa shape index (κ3) is 31.7. The van der Waals surface area contributed by atoms with Gasteiger partial charge in [0.25, 0.3) is 0 Å². The SMILES string of the molecule is CCCCCCCCCC/C=C\CCCCCCCCCC(=O)NC(CO)C(O)C(O)CCCCCCCCCCCCCCC. The van der Waals surface area contributed by atoms with Crippen LogP contribution in [0.15, 0.2) is 12.2 Å². The number of hydrogen-bond acceptors (Lipinski definition) is 4. The van der Waals surface area contributed by atoms with Crippen LogP contribution < -0.4 is 5.32 Å². The molecule has 0 rings (SSSR count). The van der Waals surface area contributed by atoms with Gasteiger partial charge in [-0.2, -0.15) is 0 Å². The molecule has 0 heterocycles. The van der Waals surface area contributed by atoms with Crippen LogP contribution >= 0.6 is 0 Å². The number of aliphatic hydroxyl groups excluding tert-OH is 3. The van der Waals surface area contributed by atoms with Gasteiger partial charge in [-0.15, -0.1) is 0 Å². The van der Waals surface area contributed by atoms with E-state index in [1.807, 2.05) is 0 Å². The molecule has 0 saturated carbocycles. The molecule has 0 aromatic carbocycles.